The number of hydrogen-bond acceptors (Lipinski definition) is 5. The van der Waals surface area contributed by atoms with E-state index in [1.807, 2.05) is 13.8 Å². The first-order valence-corrected chi connectivity index (χ1v) is 7.52. The molecule has 0 aromatic carbocycles. The van der Waals surface area contributed by atoms with Crippen molar-refractivity contribution in [3.63, 3.8) is 0 Å². The molecule has 3 aromatic heterocycles. The lowest BCUT2D eigenvalue weighted by Gasteiger charge is -2.07. The number of amides is 1. The molecule has 0 atom stereocenters. The third kappa shape index (κ3) is 2.29. The van der Waals surface area contributed by atoms with Crippen LogP contribution in [0.5, 0.6) is 0 Å². The first-order valence-electron chi connectivity index (χ1n) is 6.71. The molecule has 3 rings (SSSR count). The highest BCUT2D eigenvalue weighted by Gasteiger charge is 2.17. The smallest absolute Gasteiger partial charge is 0.282 e. The second-order valence-corrected chi connectivity index (χ2v) is 6.09. The first kappa shape index (κ1) is 14.4. The van der Waals surface area contributed by atoms with Gasteiger partial charge >= 0.3 is 0 Å². The number of fused-ring (bicyclic) bond motifs is 1. The third-order valence-corrected chi connectivity index (χ3v) is 4.52. The Labute approximate surface area is 130 Å². The molecule has 3 heterocycles. The number of pyridine rings is 1. The van der Waals surface area contributed by atoms with E-state index in [0.717, 1.165) is 10.6 Å². The van der Waals surface area contributed by atoms with Crippen molar-refractivity contribution >= 4 is 27.9 Å². The standard InChI is InChI=1S/C15H14N4O2S/c1-8-12(18-13(20)11-6-4-5-7-16-11)14(21)19-9(2)10(3)22-15(19)17-8/h4-7H,1-3H3,(H,18,20). The molecule has 0 aliphatic carbocycles. The molecule has 1 N–H and O–H groups in total. The zero-order valence-electron chi connectivity index (χ0n) is 12.4. The van der Waals surface area contributed by atoms with Gasteiger partial charge in [0.2, 0.25) is 0 Å². The second-order valence-electron chi connectivity index (χ2n) is 4.91. The van der Waals surface area contributed by atoms with Crippen LogP contribution in [-0.4, -0.2) is 20.3 Å². The minimum absolute atomic E-state index is 0.189. The van der Waals surface area contributed by atoms with Crippen LogP contribution < -0.4 is 10.9 Å². The van der Waals surface area contributed by atoms with Gasteiger partial charge in [0.1, 0.15) is 11.4 Å². The van der Waals surface area contributed by atoms with Crippen LogP contribution in [0.2, 0.25) is 0 Å². The SMILES string of the molecule is Cc1nc2sc(C)c(C)n2c(=O)c1NC(=O)c1ccccn1. The van der Waals surface area contributed by atoms with Crippen molar-refractivity contribution in [2.75, 3.05) is 5.32 Å². The molecule has 0 aliphatic rings. The Kier molecular flexibility index (Phi) is 3.50. The maximum absolute atomic E-state index is 12.6. The number of aryl methyl sites for hydroxylation is 3. The van der Waals surface area contributed by atoms with Gasteiger partial charge in [-0.1, -0.05) is 6.07 Å². The van der Waals surface area contributed by atoms with Crippen molar-refractivity contribution in [3.05, 3.63) is 56.7 Å². The van der Waals surface area contributed by atoms with Gasteiger partial charge in [-0.2, -0.15) is 0 Å². The number of rotatable bonds is 2. The number of aromatic nitrogens is 3. The summed E-state index contributed by atoms with van der Waals surface area (Å²) in [6.07, 6.45) is 1.53. The number of carbonyl (C=O) groups excluding carboxylic acids is 1. The summed E-state index contributed by atoms with van der Waals surface area (Å²) >= 11 is 1.46. The van der Waals surface area contributed by atoms with Crippen molar-refractivity contribution in [1.82, 2.24) is 14.4 Å². The lowest BCUT2D eigenvalue weighted by atomic mass is 10.3. The normalized spacial score (nSPS) is 10.9. The molecule has 0 aliphatic heterocycles. The summed E-state index contributed by atoms with van der Waals surface area (Å²) in [6, 6.07) is 5.03. The number of hydrogen-bond donors (Lipinski definition) is 1. The van der Waals surface area contributed by atoms with Crippen molar-refractivity contribution < 1.29 is 4.79 Å². The maximum Gasteiger partial charge on any atom is 0.282 e. The topological polar surface area (TPSA) is 76.4 Å². The molecule has 1 amide bonds. The number of carbonyl (C=O) groups is 1. The van der Waals surface area contributed by atoms with E-state index in [1.54, 1.807) is 25.1 Å². The van der Waals surface area contributed by atoms with Crippen LogP contribution in [-0.2, 0) is 0 Å². The quantitative estimate of drug-likeness (QED) is 0.787. The Balaban J connectivity index is 2.10. The lowest BCUT2D eigenvalue weighted by Crippen LogP contribution is -2.25. The van der Waals surface area contributed by atoms with E-state index in [1.165, 1.54) is 21.9 Å². The molecule has 0 radical (unpaired) electrons. The van der Waals surface area contributed by atoms with Gasteiger partial charge in [-0.05, 0) is 32.9 Å². The van der Waals surface area contributed by atoms with E-state index in [4.69, 9.17) is 0 Å². The van der Waals surface area contributed by atoms with Gasteiger partial charge < -0.3 is 5.32 Å². The molecule has 22 heavy (non-hydrogen) atoms. The summed E-state index contributed by atoms with van der Waals surface area (Å²) in [5.41, 5.74) is 1.51. The van der Waals surface area contributed by atoms with Crippen molar-refractivity contribution in [1.29, 1.82) is 0 Å². The van der Waals surface area contributed by atoms with Gasteiger partial charge in [-0.3, -0.25) is 19.0 Å². The van der Waals surface area contributed by atoms with Crippen molar-refractivity contribution in [2.24, 2.45) is 0 Å². The van der Waals surface area contributed by atoms with Crippen LogP contribution in [0.25, 0.3) is 4.96 Å². The predicted molar refractivity (Wildman–Crippen MR) is 85.7 cm³/mol. The van der Waals surface area contributed by atoms with Gasteiger partial charge in [0.15, 0.2) is 4.96 Å². The molecule has 0 fully saturated rings. The van der Waals surface area contributed by atoms with Gasteiger partial charge in [-0.25, -0.2) is 4.98 Å². The van der Waals surface area contributed by atoms with E-state index in [-0.39, 0.29) is 16.9 Å². The molecule has 0 spiro atoms. The molecular formula is C15H14N4O2S. The fourth-order valence-corrected chi connectivity index (χ4v) is 3.16. The summed E-state index contributed by atoms with van der Waals surface area (Å²) in [5, 5.41) is 2.63. The Bertz CT molecular complexity index is 928. The summed E-state index contributed by atoms with van der Waals surface area (Å²) < 4.78 is 1.53. The Hall–Kier alpha value is -2.54. The summed E-state index contributed by atoms with van der Waals surface area (Å²) in [6.45, 7) is 5.51. The highest BCUT2D eigenvalue weighted by Crippen LogP contribution is 2.21. The monoisotopic (exact) mass is 314 g/mol. The van der Waals surface area contributed by atoms with Gasteiger partial charge in [0, 0.05) is 16.8 Å². The zero-order valence-corrected chi connectivity index (χ0v) is 13.2. The summed E-state index contributed by atoms with van der Waals surface area (Å²) in [5.74, 6) is -0.424. The first-order chi connectivity index (χ1) is 10.5. The van der Waals surface area contributed by atoms with E-state index in [2.05, 4.69) is 15.3 Å². The fourth-order valence-electron chi connectivity index (χ4n) is 2.15. The molecule has 7 heteroatoms. The fraction of sp³-hybridized carbons (Fsp3) is 0.200. The lowest BCUT2D eigenvalue weighted by molar-refractivity contribution is 0.102. The predicted octanol–water partition coefficient (Wildman–Crippen LogP) is 2.33. The molecule has 0 saturated heterocycles. The molecule has 0 unspecified atom stereocenters. The van der Waals surface area contributed by atoms with E-state index >= 15 is 0 Å². The van der Waals surface area contributed by atoms with Gasteiger partial charge in [0.05, 0.1) is 5.69 Å². The van der Waals surface area contributed by atoms with E-state index < -0.39 is 5.91 Å². The molecule has 6 nitrogen and oxygen atoms in total. The number of anilines is 1. The molecule has 0 saturated carbocycles. The number of nitrogens with zero attached hydrogens (tertiary/aromatic N) is 3. The van der Waals surface area contributed by atoms with E-state index in [9.17, 15) is 9.59 Å². The highest BCUT2D eigenvalue weighted by molar-refractivity contribution is 7.17. The van der Waals surface area contributed by atoms with Crippen LogP contribution in [0, 0.1) is 20.8 Å². The number of thiazole rings is 1. The molecular weight excluding hydrogens is 300 g/mol. The van der Waals surface area contributed by atoms with Crippen LogP contribution in [0.1, 0.15) is 26.8 Å². The van der Waals surface area contributed by atoms with Crippen LogP contribution in [0.4, 0.5) is 5.69 Å². The summed E-state index contributed by atoms with van der Waals surface area (Å²) in [7, 11) is 0. The Morgan fingerprint density at radius 3 is 2.73 bits per heavy atom. The highest BCUT2D eigenvalue weighted by atomic mass is 32.1. The third-order valence-electron chi connectivity index (χ3n) is 3.46. The second kappa shape index (κ2) is 5.34. The minimum Gasteiger partial charge on any atom is -0.314 e. The Morgan fingerprint density at radius 1 is 1.27 bits per heavy atom. The van der Waals surface area contributed by atoms with Gasteiger partial charge in [0.25, 0.3) is 11.5 Å². The minimum atomic E-state index is -0.424. The van der Waals surface area contributed by atoms with E-state index in [0.29, 0.717) is 10.7 Å². The van der Waals surface area contributed by atoms with Crippen LogP contribution in [0.3, 0.4) is 0 Å². The van der Waals surface area contributed by atoms with Crippen LogP contribution in [0.15, 0.2) is 29.2 Å². The molecule has 0 bridgehead atoms. The number of nitrogens with one attached hydrogen (secondary N) is 1. The van der Waals surface area contributed by atoms with Crippen LogP contribution >= 0.6 is 11.3 Å². The van der Waals surface area contributed by atoms with Crippen molar-refractivity contribution in [2.45, 2.75) is 20.8 Å². The zero-order chi connectivity index (χ0) is 15.9. The summed E-state index contributed by atoms with van der Waals surface area (Å²) in [4.78, 5) is 34.9. The largest absolute Gasteiger partial charge is 0.314 e. The Morgan fingerprint density at radius 2 is 2.05 bits per heavy atom. The molecule has 112 valence electrons. The molecule has 3 aromatic rings. The maximum atomic E-state index is 12.6. The van der Waals surface area contributed by atoms with Crippen molar-refractivity contribution in [3.8, 4) is 0 Å². The average molecular weight is 314 g/mol. The van der Waals surface area contributed by atoms with Gasteiger partial charge in [-0.15, -0.1) is 11.3 Å². The average Bonchev–Trinajstić information content (AvgIpc) is 2.79.